The van der Waals surface area contributed by atoms with Crippen molar-refractivity contribution in [3.8, 4) is 11.1 Å². The Kier molecular flexibility index (Phi) is 3.67. The van der Waals surface area contributed by atoms with Gasteiger partial charge in [0, 0.05) is 25.0 Å². The lowest BCUT2D eigenvalue weighted by Gasteiger charge is -2.19. The highest BCUT2D eigenvalue weighted by atomic mass is 16.2. The van der Waals surface area contributed by atoms with Crippen LogP contribution in [0, 0.1) is 6.92 Å². The van der Waals surface area contributed by atoms with Gasteiger partial charge in [-0.15, -0.1) is 0 Å². The van der Waals surface area contributed by atoms with Gasteiger partial charge in [-0.25, -0.2) is 24.7 Å². The van der Waals surface area contributed by atoms with Gasteiger partial charge in [0.2, 0.25) is 5.91 Å². The molecule has 0 bridgehead atoms. The molecule has 9 heteroatoms. The third-order valence-electron chi connectivity index (χ3n) is 5.58. The fourth-order valence-electron chi connectivity index (χ4n) is 3.79. The highest BCUT2D eigenvalue weighted by Gasteiger charge is 2.45. The number of hydrogen-bond donors (Lipinski definition) is 1. The number of rotatable bonds is 2. The Morgan fingerprint density at radius 3 is 2.47 bits per heavy atom. The lowest BCUT2D eigenvalue weighted by Crippen LogP contribution is -2.33. The van der Waals surface area contributed by atoms with Crippen LogP contribution < -0.4 is 10.6 Å². The maximum atomic E-state index is 13.3. The van der Waals surface area contributed by atoms with E-state index in [1.165, 1.54) is 10.8 Å². The van der Waals surface area contributed by atoms with Crippen molar-refractivity contribution in [2.75, 3.05) is 4.90 Å². The summed E-state index contributed by atoms with van der Waals surface area (Å²) in [5.41, 5.74) is 3.11. The van der Waals surface area contributed by atoms with E-state index in [1.807, 2.05) is 39.0 Å². The Balaban J connectivity index is 1.69. The van der Waals surface area contributed by atoms with Crippen LogP contribution in [0.5, 0.6) is 0 Å². The van der Waals surface area contributed by atoms with Gasteiger partial charge in [-0.2, -0.15) is 0 Å². The van der Waals surface area contributed by atoms with E-state index in [1.54, 1.807) is 24.3 Å². The zero-order valence-corrected chi connectivity index (χ0v) is 17.0. The average molecular weight is 401 g/mol. The summed E-state index contributed by atoms with van der Waals surface area (Å²) in [5, 5.41) is 0. The number of aromatic amines is 1. The second kappa shape index (κ2) is 6.06. The lowest BCUT2D eigenvalue weighted by atomic mass is 9.85. The molecule has 0 saturated carbocycles. The molecule has 3 aromatic heterocycles. The smallest absolute Gasteiger partial charge is 0.289 e. The first-order valence-electron chi connectivity index (χ1n) is 9.47. The molecule has 0 aliphatic carbocycles. The van der Waals surface area contributed by atoms with Gasteiger partial charge in [0.25, 0.3) is 0 Å². The van der Waals surface area contributed by atoms with E-state index in [0.29, 0.717) is 22.9 Å². The number of nitrogens with one attached hydrogen (secondary N) is 1. The van der Waals surface area contributed by atoms with Crippen LogP contribution in [0.1, 0.15) is 25.2 Å². The first-order chi connectivity index (χ1) is 14.3. The molecule has 30 heavy (non-hydrogen) atoms. The molecular formula is C21H19N7O2. The first-order valence-corrected chi connectivity index (χ1v) is 9.47. The Morgan fingerprint density at radius 2 is 1.73 bits per heavy atom. The van der Waals surface area contributed by atoms with Gasteiger partial charge in [-0.3, -0.25) is 19.2 Å². The van der Waals surface area contributed by atoms with Crippen molar-refractivity contribution >= 4 is 28.7 Å². The molecule has 4 heterocycles. The minimum Gasteiger partial charge on any atom is -0.289 e. The Bertz CT molecular complexity index is 1380. The van der Waals surface area contributed by atoms with Gasteiger partial charge in [-0.1, -0.05) is 12.1 Å². The maximum Gasteiger partial charge on any atom is 0.328 e. The number of hydrogen-bond acceptors (Lipinski definition) is 6. The predicted octanol–water partition coefficient (Wildman–Crippen LogP) is 2.38. The Hall–Kier alpha value is -3.88. The molecule has 9 nitrogen and oxygen atoms in total. The Morgan fingerprint density at radius 1 is 1.00 bits per heavy atom. The van der Waals surface area contributed by atoms with Crippen molar-refractivity contribution in [1.82, 2.24) is 29.5 Å². The number of carbonyl (C=O) groups is 1. The number of amides is 1. The number of carbonyl (C=O) groups excluding carboxylic acids is 1. The summed E-state index contributed by atoms with van der Waals surface area (Å²) in [7, 11) is 1.62. The van der Waals surface area contributed by atoms with Crippen molar-refractivity contribution in [3.63, 3.8) is 0 Å². The number of anilines is 2. The second-order valence-electron chi connectivity index (χ2n) is 7.91. The molecule has 0 spiro atoms. The monoisotopic (exact) mass is 401 g/mol. The van der Waals surface area contributed by atoms with Crippen LogP contribution in [-0.2, 0) is 17.3 Å². The quantitative estimate of drug-likeness (QED) is 0.552. The fourth-order valence-corrected chi connectivity index (χ4v) is 3.79. The van der Waals surface area contributed by atoms with E-state index in [2.05, 4.69) is 24.9 Å². The molecule has 150 valence electrons. The number of aromatic nitrogens is 6. The van der Waals surface area contributed by atoms with Gasteiger partial charge in [-0.05, 0) is 38.0 Å². The molecule has 0 atom stereocenters. The molecule has 5 rings (SSSR count). The number of imidazole rings is 1. The van der Waals surface area contributed by atoms with Crippen LogP contribution in [0.2, 0.25) is 0 Å². The van der Waals surface area contributed by atoms with Crippen LogP contribution in [0.25, 0.3) is 22.4 Å². The third-order valence-corrected chi connectivity index (χ3v) is 5.58. The largest absolute Gasteiger partial charge is 0.328 e. The molecule has 0 unspecified atom stereocenters. The predicted molar refractivity (Wildman–Crippen MR) is 112 cm³/mol. The summed E-state index contributed by atoms with van der Waals surface area (Å²) < 4.78 is 1.38. The second-order valence-corrected chi connectivity index (χ2v) is 7.91. The normalized spacial score (nSPS) is 15.1. The number of aryl methyl sites for hydroxylation is 2. The summed E-state index contributed by atoms with van der Waals surface area (Å²) in [5.74, 6) is 0.943. The standard InChI is InChI=1S/C21H19N7O2/c1-11-22-8-13(9-23-11)12-5-6-14-15(7-12)28(19(29)21(14,2)3)16-10-24-18-17(25-16)26-20(30)27(18)4/h5-10H,1-4H3,(H,25,26,30). The van der Waals surface area contributed by atoms with Gasteiger partial charge >= 0.3 is 5.69 Å². The summed E-state index contributed by atoms with van der Waals surface area (Å²) in [6, 6.07) is 5.86. The van der Waals surface area contributed by atoms with Crippen molar-refractivity contribution in [3.05, 3.63) is 58.7 Å². The van der Waals surface area contributed by atoms with Crippen LogP contribution in [0.15, 0.2) is 41.6 Å². The van der Waals surface area contributed by atoms with E-state index in [-0.39, 0.29) is 11.6 Å². The molecule has 1 amide bonds. The molecule has 1 aliphatic heterocycles. The van der Waals surface area contributed by atoms with E-state index >= 15 is 0 Å². The van der Waals surface area contributed by atoms with E-state index in [9.17, 15) is 9.59 Å². The lowest BCUT2D eigenvalue weighted by molar-refractivity contribution is -0.121. The fraction of sp³-hybridized carbons (Fsp3) is 0.238. The molecule has 1 N–H and O–H groups in total. The van der Waals surface area contributed by atoms with Crippen LogP contribution in [0.3, 0.4) is 0 Å². The van der Waals surface area contributed by atoms with E-state index < -0.39 is 5.41 Å². The van der Waals surface area contributed by atoms with Crippen LogP contribution in [-0.4, -0.2) is 35.4 Å². The summed E-state index contributed by atoms with van der Waals surface area (Å²) in [6.45, 7) is 5.61. The molecule has 1 aliphatic rings. The third kappa shape index (κ3) is 2.48. The average Bonchev–Trinajstić information content (AvgIpc) is 3.12. The van der Waals surface area contributed by atoms with Crippen molar-refractivity contribution in [2.45, 2.75) is 26.2 Å². The number of benzene rings is 1. The number of nitrogens with zero attached hydrogens (tertiary/aromatic N) is 6. The Labute approximate surface area is 171 Å². The van der Waals surface area contributed by atoms with E-state index in [0.717, 1.165) is 22.4 Å². The minimum atomic E-state index is -0.724. The van der Waals surface area contributed by atoms with Gasteiger partial charge in [0.05, 0.1) is 17.3 Å². The minimum absolute atomic E-state index is 0.110. The molecule has 0 radical (unpaired) electrons. The summed E-state index contributed by atoms with van der Waals surface area (Å²) >= 11 is 0. The molecule has 4 aromatic rings. The zero-order valence-electron chi connectivity index (χ0n) is 17.0. The zero-order chi connectivity index (χ0) is 21.2. The van der Waals surface area contributed by atoms with Crippen LogP contribution in [0.4, 0.5) is 11.5 Å². The van der Waals surface area contributed by atoms with Crippen LogP contribution >= 0.6 is 0 Å². The van der Waals surface area contributed by atoms with E-state index in [4.69, 9.17) is 0 Å². The maximum absolute atomic E-state index is 13.3. The van der Waals surface area contributed by atoms with Crippen molar-refractivity contribution < 1.29 is 4.79 Å². The SMILES string of the molecule is Cc1ncc(-c2ccc3c(c2)N(c2cnc4c(n2)[nH]c(=O)n4C)C(=O)C3(C)C)cn1. The first kappa shape index (κ1) is 18.2. The van der Waals surface area contributed by atoms with Crippen molar-refractivity contribution in [1.29, 1.82) is 0 Å². The summed E-state index contributed by atoms with van der Waals surface area (Å²) in [4.78, 5) is 46.9. The van der Waals surface area contributed by atoms with Gasteiger partial charge in [0.1, 0.15) is 5.82 Å². The molecular weight excluding hydrogens is 382 g/mol. The highest BCUT2D eigenvalue weighted by molar-refractivity contribution is 6.12. The molecule has 1 aromatic carbocycles. The van der Waals surface area contributed by atoms with Gasteiger partial charge < -0.3 is 0 Å². The summed E-state index contributed by atoms with van der Waals surface area (Å²) in [6.07, 6.45) is 5.04. The number of fused-ring (bicyclic) bond motifs is 2. The molecule has 0 fully saturated rings. The molecule has 0 saturated heterocycles. The van der Waals surface area contributed by atoms with Gasteiger partial charge in [0.15, 0.2) is 17.1 Å². The highest BCUT2D eigenvalue weighted by Crippen LogP contribution is 2.46. The number of H-pyrrole nitrogens is 1. The van der Waals surface area contributed by atoms with Crippen molar-refractivity contribution in [2.24, 2.45) is 7.05 Å². The topological polar surface area (TPSA) is 110 Å².